The fraction of sp³-hybridized carbons (Fsp3) is 0.688. The van der Waals surface area contributed by atoms with Crippen LogP contribution in [0.2, 0.25) is 0 Å². The zero-order valence-electron chi connectivity index (χ0n) is 12.8. The molecular weight excluding hydrogens is 266 g/mol. The normalized spacial score (nSPS) is 22.0. The summed E-state index contributed by atoms with van der Waals surface area (Å²) in [5.74, 6) is 1.74. The third-order valence-electron chi connectivity index (χ3n) is 4.45. The van der Waals surface area contributed by atoms with Gasteiger partial charge >= 0.3 is 0 Å². The van der Waals surface area contributed by atoms with E-state index in [9.17, 15) is 0 Å². The van der Waals surface area contributed by atoms with Crippen molar-refractivity contribution in [3.8, 4) is 0 Å². The van der Waals surface area contributed by atoms with Crippen LogP contribution in [0, 0.1) is 5.92 Å². The van der Waals surface area contributed by atoms with E-state index >= 15 is 0 Å². The molecule has 1 atom stereocenters. The monoisotopic (exact) mass is 291 g/mol. The first kappa shape index (κ1) is 14.6. The second-order valence-corrected chi connectivity index (χ2v) is 5.89. The summed E-state index contributed by atoms with van der Waals surface area (Å²) in [5, 5.41) is 3.58. The first-order valence-electron chi connectivity index (χ1n) is 7.96. The van der Waals surface area contributed by atoms with Gasteiger partial charge in [-0.25, -0.2) is 4.98 Å². The molecule has 0 unspecified atom stereocenters. The molecule has 0 aromatic carbocycles. The van der Waals surface area contributed by atoms with E-state index in [-0.39, 0.29) is 0 Å². The van der Waals surface area contributed by atoms with E-state index in [4.69, 9.17) is 9.47 Å². The van der Waals surface area contributed by atoms with Crippen LogP contribution < -0.4 is 10.2 Å². The Morgan fingerprint density at radius 2 is 1.86 bits per heavy atom. The van der Waals surface area contributed by atoms with Crippen molar-refractivity contribution in [2.24, 2.45) is 5.92 Å². The van der Waals surface area contributed by atoms with Gasteiger partial charge in [0, 0.05) is 32.3 Å². The number of anilines is 2. The van der Waals surface area contributed by atoms with Crippen LogP contribution in [0.3, 0.4) is 0 Å². The third-order valence-corrected chi connectivity index (χ3v) is 4.45. The number of morpholine rings is 1. The molecule has 21 heavy (non-hydrogen) atoms. The highest BCUT2D eigenvalue weighted by Gasteiger charge is 2.20. The van der Waals surface area contributed by atoms with Gasteiger partial charge in [0.15, 0.2) is 0 Å². The molecule has 1 N–H and O–H groups in total. The summed E-state index contributed by atoms with van der Waals surface area (Å²) in [4.78, 5) is 6.86. The second-order valence-electron chi connectivity index (χ2n) is 5.89. The molecule has 2 saturated heterocycles. The van der Waals surface area contributed by atoms with Crippen LogP contribution >= 0.6 is 0 Å². The Morgan fingerprint density at radius 3 is 2.52 bits per heavy atom. The predicted octanol–water partition coefficient (Wildman–Crippen LogP) is 2.15. The molecule has 0 aliphatic carbocycles. The molecule has 0 spiro atoms. The fourth-order valence-electron chi connectivity index (χ4n) is 3.05. The van der Waals surface area contributed by atoms with Crippen LogP contribution in [0.4, 0.5) is 11.5 Å². The van der Waals surface area contributed by atoms with Gasteiger partial charge in [0.05, 0.1) is 25.1 Å². The lowest BCUT2D eigenvalue weighted by atomic mass is 9.93. The first-order chi connectivity index (χ1) is 10.3. The molecule has 2 aliphatic heterocycles. The highest BCUT2D eigenvalue weighted by molar-refractivity contribution is 5.49. The van der Waals surface area contributed by atoms with Gasteiger partial charge in [0.2, 0.25) is 0 Å². The Morgan fingerprint density at radius 1 is 1.14 bits per heavy atom. The van der Waals surface area contributed by atoms with E-state index in [1.165, 1.54) is 0 Å². The average molecular weight is 291 g/mol. The van der Waals surface area contributed by atoms with E-state index in [1.54, 1.807) is 0 Å². The SMILES string of the molecule is C[C@H](Nc1ccc(N2CCOCC2)nc1)C1CCOCC1. The summed E-state index contributed by atoms with van der Waals surface area (Å²) in [6.45, 7) is 7.49. The van der Waals surface area contributed by atoms with Crippen molar-refractivity contribution in [2.45, 2.75) is 25.8 Å². The Labute approximate surface area is 126 Å². The molecule has 0 saturated carbocycles. The molecule has 0 amide bonds. The topological polar surface area (TPSA) is 46.6 Å². The van der Waals surface area contributed by atoms with Crippen LogP contribution in [0.5, 0.6) is 0 Å². The van der Waals surface area contributed by atoms with Gasteiger partial charge in [-0.15, -0.1) is 0 Å². The van der Waals surface area contributed by atoms with E-state index in [0.29, 0.717) is 12.0 Å². The zero-order valence-corrected chi connectivity index (χ0v) is 12.8. The number of ether oxygens (including phenoxy) is 2. The Kier molecular flexibility index (Phi) is 4.93. The lowest BCUT2D eigenvalue weighted by Crippen LogP contribution is -2.36. The standard InChI is InChI=1S/C16H25N3O2/c1-13(14-4-8-20-9-5-14)18-15-2-3-16(17-12-15)19-6-10-21-11-7-19/h2-3,12-14,18H,4-11H2,1H3/t13-/m0/s1. The number of nitrogens with zero attached hydrogens (tertiary/aromatic N) is 2. The Hall–Kier alpha value is -1.33. The van der Waals surface area contributed by atoms with Crippen molar-refractivity contribution in [2.75, 3.05) is 49.7 Å². The second kappa shape index (κ2) is 7.09. The van der Waals surface area contributed by atoms with Crippen molar-refractivity contribution in [1.29, 1.82) is 0 Å². The summed E-state index contributed by atoms with van der Waals surface area (Å²) >= 11 is 0. The molecule has 5 nitrogen and oxygen atoms in total. The van der Waals surface area contributed by atoms with Crippen LogP contribution in [0.15, 0.2) is 18.3 Å². The van der Waals surface area contributed by atoms with Crippen molar-refractivity contribution in [1.82, 2.24) is 4.98 Å². The minimum absolute atomic E-state index is 0.463. The summed E-state index contributed by atoms with van der Waals surface area (Å²) in [6.07, 6.45) is 4.24. The number of pyridine rings is 1. The lowest BCUT2D eigenvalue weighted by molar-refractivity contribution is 0.0622. The summed E-state index contributed by atoms with van der Waals surface area (Å²) in [6, 6.07) is 4.70. The molecule has 3 heterocycles. The van der Waals surface area contributed by atoms with E-state index in [1.807, 2.05) is 6.20 Å². The molecule has 0 bridgehead atoms. The highest BCUT2D eigenvalue weighted by Crippen LogP contribution is 2.22. The Balaban J connectivity index is 1.56. The molecule has 116 valence electrons. The van der Waals surface area contributed by atoms with Crippen molar-refractivity contribution < 1.29 is 9.47 Å². The van der Waals surface area contributed by atoms with Gasteiger partial charge < -0.3 is 19.7 Å². The third kappa shape index (κ3) is 3.86. The zero-order chi connectivity index (χ0) is 14.5. The average Bonchev–Trinajstić information content (AvgIpc) is 2.57. The summed E-state index contributed by atoms with van der Waals surface area (Å²) < 4.78 is 10.8. The lowest BCUT2D eigenvalue weighted by Gasteiger charge is -2.30. The van der Waals surface area contributed by atoms with Crippen molar-refractivity contribution in [3.63, 3.8) is 0 Å². The molecule has 2 aliphatic rings. The van der Waals surface area contributed by atoms with Crippen LogP contribution in [0.1, 0.15) is 19.8 Å². The minimum atomic E-state index is 0.463. The van der Waals surface area contributed by atoms with Crippen molar-refractivity contribution >= 4 is 11.5 Å². The van der Waals surface area contributed by atoms with E-state index < -0.39 is 0 Å². The molecule has 0 radical (unpaired) electrons. The maximum Gasteiger partial charge on any atom is 0.128 e. The summed E-state index contributed by atoms with van der Waals surface area (Å²) in [5.41, 5.74) is 1.10. The van der Waals surface area contributed by atoms with Gasteiger partial charge in [-0.1, -0.05) is 0 Å². The van der Waals surface area contributed by atoms with Crippen LogP contribution in [0.25, 0.3) is 0 Å². The highest BCUT2D eigenvalue weighted by atomic mass is 16.5. The number of aromatic nitrogens is 1. The number of nitrogens with one attached hydrogen (secondary N) is 1. The number of hydrogen-bond donors (Lipinski definition) is 1. The number of rotatable bonds is 4. The predicted molar refractivity (Wildman–Crippen MR) is 83.9 cm³/mol. The maximum absolute atomic E-state index is 5.43. The van der Waals surface area contributed by atoms with Gasteiger partial charge in [0.25, 0.3) is 0 Å². The molecule has 2 fully saturated rings. The smallest absolute Gasteiger partial charge is 0.128 e. The molecule has 5 heteroatoms. The van der Waals surface area contributed by atoms with Crippen molar-refractivity contribution in [3.05, 3.63) is 18.3 Å². The molecule has 1 aromatic heterocycles. The van der Waals surface area contributed by atoms with Gasteiger partial charge in [-0.2, -0.15) is 0 Å². The maximum atomic E-state index is 5.43. The van der Waals surface area contributed by atoms with E-state index in [2.05, 4.69) is 34.3 Å². The largest absolute Gasteiger partial charge is 0.381 e. The molecular formula is C16H25N3O2. The van der Waals surface area contributed by atoms with E-state index in [0.717, 1.165) is 63.9 Å². The molecule has 1 aromatic rings. The van der Waals surface area contributed by atoms with Gasteiger partial charge in [0.1, 0.15) is 5.82 Å². The minimum Gasteiger partial charge on any atom is -0.381 e. The number of hydrogen-bond acceptors (Lipinski definition) is 5. The van der Waals surface area contributed by atoms with Gasteiger partial charge in [-0.05, 0) is 37.8 Å². The first-order valence-corrected chi connectivity index (χ1v) is 7.96. The summed E-state index contributed by atoms with van der Waals surface area (Å²) in [7, 11) is 0. The van der Waals surface area contributed by atoms with Crippen LogP contribution in [-0.4, -0.2) is 50.5 Å². The fourth-order valence-corrected chi connectivity index (χ4v) is 3.05. The van der Waals surface area contributed by atoms with Crippen LogP contribution in [-0.2, 0) is 9.47 Å². The quantitative estimate of drug-likeness (QED) is 0.921. The Bertz CT molecular complexity index is 426. The van der Waals surface area contributed by atoms with Gasteiger partial charge in [-0.3, -0.25) is 0 Å². The molecule has 3 rings (SSSR count).